The fraction of sp³-hybridized carbons (Fsp3) is 0.286. The van der Waals surface area contributed by atoms with Crippen molar-refractivity contribution in [3.8, 4) is 0 Å². The number of hydrogen-bond donors (Lipinski definition) is 1. The minimum absolute atomic E-state index is 0.138. The van der Waals surface area contributed by atoms with Gasteiger partial charge in [-0.05, 0) is 11.6 Å². The molecule has 0 spiro atoms. The van der Waals surface area contributed by atoms with Crippen LogP contribution in [0, 0.1) is 0 Å². The molecule has 1 N–H and O–H groups in total. The Morgan fingerprint density at radius 3 is 2.79 bits per heavy atom. The van der Waals surface area contributed by atoms with Gasteiger partial charge in [-0.3, -0.25) is 9.48 Å². The zero-order valence-electron chi connectivity index (χ0n) is 10.8. The number of carbonyl (C=O) groups is 1. The lowest BCUT2D eigenvalue weighted by molar-refractivity contribution is -0.131. The van der Waals surface area contributed by atoms with Crippen molar-refractivity contribution in [1.29, 1.82) is 0 Å². The van der Waals surface area contributed by atoms with E-state index in [9.17, 15) is 4.79 Å². The Labute approximate surface area is 112 Å². The lowest BCUT2D eigenvalue weighted by Gasteiger charge is -2.15. The topological polar surface area (TPSA) is 56.1 Å². The summed E-state index contributed by atoms with van der Waals surface area (Å²) in [7, 11) is 1.53. The Morgan fingerprint density at radius 1 is 1.37 bits per heavy atom. The monoisotopic (exact) mass is 259 g/mol. The molecule has 0 aliphatic carbocycles. The molecule has 100 valence electrons. The molecule has 1 heterocycles. The van der Waals surface area contributed by atoms with Gasteiger partial charge in [-0.2, -0.15) is 5.10 Å². The first-order valence-corrected chi connectivity index (χ1v) is 6.14. The zero-order chi connectivity index (χ0) is 13.5. The number of aromatic nitrogens is 2. The highest BCUT2D eigenvalue weighted by molar-refractivity contribution is 5.82. The number of hydrogen-bond acceptors (Lipinski definition) is 3. The minimum Gasteiger partial charge on any atom is -0.367 e. The summed E-state index contributed by atoms with van der Waals surface area (Å²) in [5.41, 5.74) is 0.849. The van der Waals surface area contributed by atoms with E-state index in [0.29, 0.717) is 13.1 Å². The molecule has 2 rings (SSSR count). The summed E-state index contributed by atoms with van der Waals surface area (Å²) < 4.78 is 7.02. The van der Waals surface area contributed by atoms with Gasteiger partial charge in [0.1, 0.15) is 0 Å². The van der Waals surface area contributed by atoms with Gasteiger partial charge in [-0.15, -0.1) is 0 Å². The van der Waals surface area contributed by atoms with Crippen molar-refractivity contribution in [2.75, 3.05) is 13.7 Å². The van der Waals surface area contributed by atoms with Gasteiger partial charge in [0.25, 0.3) is 5.91 Å². The summed E-state index contributed by atoms with van der Waals surface area (Å²) in [6.07, 6.45) is 3.00. The number of carbonyl (C=O) groups excluding carboxylic acids is 1. The predicted molar refractivity (Wildman–Crippen MR) is 71.4 cm³/mol. The highest BCUT2D eigenvalue weighted by Crippen LogP contribution is 2.15. The van der Waals surface area contributed by atoms with E-state index in [1.165, 1.54) is 7.11 Å². The smallest absolute Gasteiger partial charge is 0.253 e. The minimum atomic E-state index is -0.571. The Kier molecular flexibility index (Phi) is 4.69. The molecule has 0 radical (unpaired) electrons. The number of methoxy groups -OCH3 is 1. The average Bonchev–Trinajstić information content (AvgIpc) is 2.94. The zero-order valence-corrected chi connectivity index (χ0v) is 10.8. The van der Waals surface area contributed by atoms with Gasteiger partial charge < -0.3 is 10.1 Å². The van der Waals surface area contributed by atoms with Crippen molar-refractivity contribution >= 4 is 5.91 Å². The number of benzene rings is 1. The average molecular weight is 259 g/mol. The molecular weight excluding hydrogens is 242 g/mol. The summed E-state index contributed by atoms with van der Waals surface area (Å²) in [6.45, 7) is 1.16. The Bertz CT molecular complexity index is 497. The highest BCUT2D eigenvalue weighted by atomic mass is 16.5. The number of ether oxygens (including phenoxy) is 1. The van der Waals surface area contributed by atoms with Crippen molar-refractivity contribution in [1.82, 2.24) is 15.1 Å². The van der Waals surface area contributed by atoms with E-state index in [2.05, 4.69) is 10.4 Å². The molecule has 19 heavy (non-hydrogen) atoms. The van der Waals surface area contributed by atoms with Crippen molar-refractivity contribution < 1.29 is 9.53 Å². The van der Waals surface area contributed by atoms with E-state index >= 15 is 0 Å². The van der Waals surface area contributed by atoms with Crippen LogP contribution in [-0.4, -0.2) is 29.3 Å². The molecule has 1 amide bonds. The Hall–Kier alpha value is -2.14. The number of nitrogens with zero attached hydrogens (tertiary/aromatic N) is 2. The first kappa shape index (κ1) is 13.3. The van der Waals surface area contributed by atoms with Crippen LogP contribution in [0.2, 0.25) is 0 Å². The Morgan fingerprint density at radius 2 is 2.16 bits per heavy atom. The SMILES string of the molecule is COC(C(=O)NCCn1cccn1)c1ccccc1. The number of rotatable bonds is 6. The summed E-state index contributed by atoms with van der Waals surface area (Å²) in [6, 6.07) is 11.3. The van der Waals surface area contributed by atoms with Crippen LogP contribution in [0.25, 0.3) is 0 Å². The van der Waals surface area contributed by atoms with Crippen LogP contribution in [-0.2, 0) is 16.1 Å². The molecule has 1 atom stereocenters. The maximum atomic E-state index is 12.0. The highest BCUT2D eigenvalue weighted by Gasteiger charge is 2.18. The molecule has 0 bridgehead atoms. The third-order valence-electron chi connectivity index (χ3n) is 2.78. The van der Waals surface area contributed by atoms with Crippen LogP contribution in [0.15, 0.2) is 48.8 Å². The van der Waals surface area contributed by atoms with E-state index in [1.807, 2.05) is 42.6 Å². The van der Waals surface area contributed by atoms with Crippen LogP contribution in [0.1, 0.15) is 11.7 Å². The van der Waals surface area contributed by atoms with E-state index in [4.69, 9.17) is 4.74 Å². The van der Waals surface area contributed by atoms with Crippen LogP contribution in [0.4, 0.5) is 0 Å². The second kappa shape index (κ2) is 6.70. The van der Waals surface area contributed by atoms with Gasteiger partial charge in [0.05, 0.1) is 6.54 Å². The first-order valence-electron chi connectivity index (χ1n) is 6.14. The fourth-order valence-electron chi connectivity index (χ4n) is 1.84. The predicted octanol–water partition coefficient (Wildman–Crippen LogP) is 1.39. The van der Waals surface area contributed by atoms with Crippen LogP contribution >= 0.6 is 0 Å². The van der Waals surface area contributed by atoms with Crippen LogP contribution < -0.4 is 5.32 Å². The molecule has 1 aromatic carbocycles. The largest absolute Gasteiger partial charge is 0.367 e. The molecule has 2 aromatic rings. The van der Waals surface area contributed by atoms with Crippen molar-refractivity contribution in [2.24, 2.45) is 0 Å². The summed E-state index contributed by atoms with van der Waals surface area (Å²) in [5, 5.41) is 6.92. The molecule has 5 nitrogen and oxygen atoms in total. The second-order valence-electron chi connectivity index (χ2n) is 4.09. The van der Waals surface area contributed by atoms with Crippen LogP contribution in [0.3, 0.4) is 0 Å². The molecule has 0 aliphatic rings. The summed E-state index contributed by atoms with van der Waals surface area (Å²) in [4.78, 5) is 12.0. The Balaban J connectivity index is 1.87. The molecule has 5 heteroatoms. The lowest BCUT2D eigenvalue weighted by Crippen LogP contribution is -2.32. The van der Waals surface area contributed by atoms with Gasteiger partial charge >= 0.3 is 0 Å². The van der Waals surface area contributed by atoms with E-state index in [0.717, 1.165) is 5.56 Å². The molecule has 0 saturated heterocycles. The van der Waals surface area contributed by atoms with Gasteiger partial charge in [0.15, 0.2) is 6.10 Å². The maximum absolute atomic E-state index is 12.0. The second-order valence-corrected chi connectivity index (χ2v) is 4.09. The molecule has 0 saturated carbocycles. The third kappa shape index (κ3) is 3.66. The van der Waals surface area contributed by atoms with Gasteiger partial charge in [0, 0.05) is 26.0 Å². The van der Waals surface area contributed by atoms with Gasteiger partial charge in [-0.25, -0.2) is 0 Å². The van der Waals surface area contributed by atoms with E-state index < -0.39 is 6.10 Å². The lowest BCUT2D eigenvalue weighted by atomic mass is 10.1. The molecule has 1 unspecified atom stereocenters. The number of amides is 1. The molecular formula is C14H17N3O2. The van der Waals surface area contributed by atoms with Crippen molar-refractivity contribution in [2.45, 2.75) is 12.6 Å². The third-order valence-corrected chi connectivity index (χ3v) is 2.78. The number of nitrogens with one attached hydrogen (secondary N) is 1. The van der Waals surface area contributed by atoms with Gasteiger partial charge in [-0.1, -0.05) is 30.3 Å². The van der Waals surface area contributed by atoms with E-state index in [1.54, 1.807) is 10.9 Å². The summed E-state index contributed by atoms with van der Waals surface area (Å²) >= 11 is 0. The van der Waals surface area contributed by atoms with Crippen molar-refractivity contribution in [3.05, 3.63) is 54.4 Å². The standard InChI is InChI=1S/C14H17N3O2/c1-19-13(12-6-3-2-4-7-12)14(18)15-9-11-17-10-5-8-16-17/h2-8,10,13H,9,11H2,1H3,(H,15,18). The molecule has 1 aromatic heterocycles. The normalized spacial score (nSPS) is 12.1. The first-order chi connectivity index (χ1) is 9.31. The van der Waals surface area contributed by atoms with Crippen LogP contribution in [0.5, 0.6) is 0 Å². The fourth-order valence-corrected chi connectivity index (χ4v) is 1.84. The van der Waals surface area contributed by atoms with E-state index in [-0.39, 0.29) is 5.91 Å². The van der Waals surface area contributed by atoms with Gasteiger partial charge in [0.2, 0.25) is 0 Å². The molecule has 0 aliphatic heterocycles. The van der Waals surface area contributed by atoms with Crippen molar-refractivity contribution in [3.63, 3.8) is 0 Å². The molecule has 0 fully saturated rings. The maximum Gasteiger partial charge on any atom is 0.253 e. The summed E-state index contributed by atoms with van der Waals surface area (Å²) in [5.74, 6) is -0.138. The quantitative estimate of drug-likeness (QED) is 0.853.